The number of hydrogen-bond acceptors (Lipinski definition) is 1. The number of benzene rings is 1. The molecule has 0 aliphatic heterocycles. The van der Waals surface area contributed by atoms with Crippen LogP contribution in [0.4, 0.5) is 0 Å². The van der Waals surface area contributed by atoms with Crippen molar-refractivity contribution in [3.8, 4) is 0 Å². The largest absolute Gasteiger partial charge is 0.324 e. The van der Waals surface area contributed by atoms with Crippen LogP contribution in [0.1, 0.15) is 37.4 Å². The molecule has 0 heterocycles. The molecular weight excluding hydrogens is 146 g/mol. The average Bonchev–Trinajstić information content (AvgIpc) is 2.05. The second-order valence-corrected chi connectivity index (χ2v) is 3.28. The molecule has 66 valence electrons. The number of aryl methyl sites for hydroxylation is 1. The minimum Gasteiger partial charge on any atom is -0.324 e. The van der Waals surface area contributed by atoms with Crippen LogP contribution in [0, 0.1) is 0 Å². The second-order valence-electron chi connectivity index (χ2n) is 3.28. The van der Waals surface area contributed by atoms with Crippen molar-refractivity contribution >= 4 is 0 Å². The summed E-state index contributed by atoms with van der Waals surface area (Å²) in [6.07, 6.45) is 2.35. The molecule has 0 aliphatic rings. The van der Waals surface area contributed by atoms with Gasteiger partial charge in [0.15, 0.2) is 0 Å². The zero-order valence-corrected chi connectivity index (χ0v) is 7.88. The predicted octanol–water partition coefficient (Wildman–Crippen LogP) is 2.66. The summed E-state index contributed by atoms with van der Waals surface area (Å²) in [5, 5.41) is 0. The van der Waals surface area contributed by atoms with Crippen LogP contribution in [0.25, 0.3) is 0 Å². The van der Waals surface area contributed by atoms with Gasteiger partial charge in [0, 0.05) is 6.04 Å². The Balaban J connectivity index is 2.81. The van der Waals surface area contributed by atoms with Crippen molar-refractivity contribution in [1.82, 2.24) is 0 Å². The van der Waals surface area contributed by atoms with Gasteiger partial charge in [0.05, 0.1) is 0 Å². The van der Waals surface area contributed by atoms with Crippen LogP contribution in [0.3, 0.4) is 0 Å². The first-order chi connectivity index (χ1) is 5.74. The highest BCUT2D eigenvalue weighted by Crippen LogP contribution is 2.12. The van der Waals surface area contributed by atoms with Gasteiger partial charge in [0.25, 0.3) is 0 Å². The first kappa shape index (κ1) is 9.27. The summed E-state index contributed by atoms with van der Waals surface area (Å²) < 4.78 is 0. The smallest absolute Gasteiger partial charge is 0.0266 e. The molecule has 12 heavy (non-hydrogen) atoms. The summed E-state index contributed by atoms with van der Waals surface area (Å²) in [6, 6.07) is 8.69. The minimum atomic E-state index is 0.154. The Kier molecular flexibility index (Phi) is 3.30. The van der Waals surface area contributed by atoms with Gasteiger partial charge in [-0.05, 0) is 24.5 Å². The maximum absolute atomic E-state index is 5.78. The van der Waals surface area contributed by atoms with E-state index in [9.17, 15) is 0 Å². The average molecular weight is 163 g/mol. The molecule has 0 aromatic heterocycles. The van der Waals surface area contributed by atoms with Crippen molar-refractivity contribution < 1.29 is 0 Å². The molecular formula is C11H17N. The fraction of sp³-hybridized carbons (Fsp3) is 0.455. The maximum atomic E-state index is 5.78. The third kappa shape index (κ3) is 2.35. The van der Waals surface area contributed by atoms with Gasteiger partial charge in [-0.25, -0.2) is 0 Å². The number of nitrogens with two attached hydrogens (primary N) is 1. The van der Waals surface area contributed by atoms with E-state index in [1.54, 1.807) is 0 Å². The van der Waals surface area contributed by atoms with E-state index >= 15 is 0 Å². The molecule has 2 N–H and O–H groups in total. The van der Waals surface area contributed by atoms with E-state index < -0.39 is 0 Å². The highest BCUT2D eigenvalue weighted by Gasteiger charge is 1.98. The van der Waals surface area contributed by atoms with Crippen molar-refractivity contribution in [1.29, 1.82) is 0 Å². The monoisotopic (exact) mass is 163 g/mol. The van der Waals surface area contributed by atoms with E-state index in [-0.39, 0.29) is 6.04 Å². The van der Waals surface area contributed by atoms with E-state index in [0.29, 0.717) is 0 Å². The molecule has 0 aliphatic carbocycles. The minimum absolute atomic E-state index is 0.154. The summed E-state index contributed by atoms with van der Waals surface area (Å²) in [4.78, 5) is 0. The molecule has 1 nitrogen and oxygen atoms in total. The number of hydrogen-bond donors (Lipinski definition) is 1. The predicted molar refractivity (Wildman–Crippen MR) is 53.0 cm³/mol. The molecule has 0 amide bonds. The Morgan fingerprint density at radius 3 is 2.75 bits per heavy atom. The third-order valence-electron chi connectivity index (χ3n) is 2.02. The lowest BCUT2D eigenvalue weighted by Crippen LogP contribution is -2.04. The van der Waals surface area contributed by atoms with Crippen LogP contribution in [0.15, 0.2) is 24.3 Å². The quantitative estimate of drug-likeness (QED) is 0.728. The van der Waals surface area contributed by atoms with Crippen molar-refractivity contribution in [2.75, 3.05) is 0 Å². The zero-order chi connectivity index (χ0) is 8.97. The van der Waals surface area contributed by atoms with Crippen LogP contribution >= 0.6 is 0 Å². The van der Waals surface area contributed by atoms with Crippen LogP contribution in [0.2, 0.25) is 0 Å². The lowest BCUT2D eigenvalue weighted by Gasteiger charge is -2.06. The molecule has 0 spiro atoms. The zero-order valence-electron chi connectivity index (χ0n) is 7.88. The van der Waals surface area contributed by atoms with E-state index in [4.69, 9.17) is 5.73 Å². The highest BCUT2D eigenvalue weighted by atomic mass is 14.6. The van der Waals surface area contributed by atoms with Gasteiger partial charge in [-0.1, -0.05) is 37.6 Å². The molecule has 1 rings (SSSR count). The third-order valence-corrected chi connectivity index (χ3v) is 2.02. The molecule has 1 aromatic rings. The van der Waals surface area contributed by atoms with Crippen molar-refractivity contribution in [2.45, 2.75) is 32.7 Å². The van der Waals surface area contributed by atoms with E-state index in [1.807, 2.05) is 6.92 Å². The van der Waals surface area contributed by atoms with Crippen LogP contribution < -0.4 is 5.73 Å². The highest BCUT2D eigenvalue weighted by molar-refractivity contribution is 5.25. The fourth-order valence-corrected chi connectivity index (χ4v) is 1.32. The van der Waals surface area contributed by atoms with Crippen LogP contribution in [-0.2, 0) is 6.42 Å². The molecule has 0 unspecified atom stereocenters. The molecule has 1 aromatic carbocycles. The standard InChI is InChI=1S/C11H17N/c1-3-5-10-6-4-7-11(8-10)9(2)12/h4,6-9H,3,5,12H2,1-2H3/t9-/m1/s1. The molecule has 0 fully saturated rings. The fourth-order valence-electron chi connectivity index (χ4n) is 1.32. The van der Waals surface area contributed by atoms with Gasteiger partial charge in [0.2, 0.25) is 0 Å². The first-order valence-corrected chi connectivity index (χ1v) is 4.58. The number of rotatable bonds is 3. The Hall–Kier alpha value is -0.820. The van der Waals surface area contributed by atoms with E-state index in [2.05, 4.69) is 31.2 Å². The summed E-state index contributed by atoms with van der Waals surface area (Å²) >= 11 is 0. The lowest BCUT2D eigenvalue weighted by atomic mass is 10.0. The second kappa shape index (κ2) is 4.27. The summed E-state index contributed by atoms with van der Waals surface area (Å²) in [6.45, 7) is 4.21. The van der Waals surface area contributed by atoms with Crippen molar-refractivity contribution in [2.24, 2.45) is 5.73 Å². The topological polar surface area (TPSA) is 26.0 Å². The summed E-state index contributed by atoms with van der Waals surface area (Å²) in [5.41, 5.74) is 8.41. The van der Waals surface area contributed by atoms with Gasteiger partial charge >= 0.3 is 0 Å². The van der Waals surface area contributed by atoms with E-state index in [1.165, 1.54) is 17.5 Å². The Morgan fingerprint density at radius 1 is 1.42 bits per heavy atom. The lowest BCUT2D eigenvalue weighted by molar-refractivity contribution is 0.812. The van der Waals surface area contributed by atoms with Gasteiger partial charge < -0.3 is 5.73 Å². The summed E-state index contributed by atoms with van der Waals surface area (Å²) in [7, 11) is 0. The molecule has 0 saturated heterocycles. The van der Waals surface area contributed by atoms with Crippen LogP contribution in [0.5, 0.6) is 0 Å². The molecule has 1 heteroatoms. The maximum Gasteiger partial charge on any atom is 0.0266 e. The van der Waals surface area contributed by atoms with Crippen molar-refractivity contribution in [3.05, 3.63) is 35.4 Å². The summed E-state index contributed by atoms with van der Waals surface area (Å²) in [5.74, 6) is 0. The molecule has 1 atom stereocenters. The van der Waals surface area contributed by atoms with Crippen LogP contribution in [-0.4, -0.2) is 0 Å². The van der Waals surface area contributed by atoms with Gasteiger partial charge in [-0.2, -0.15) is 0 Å². The molecule has 0 saturated carbocycles. The Labute approximate surface area is 74.6 Å². The first-order valence-electron chi connectivity index (χ1n) is 4.58. The van der Waals surface area contributed by atoms with Gasteiger partial charge in [0.1, 0.15) is 0 Å². The normalized spacial score (nSPS) is 12.9. The molecule has 0 bridgehead atoms. The van der Waals surface area contributed by atoms with E-state index in [0.717, 1.165) is 6.42 Å². The van der Waals surface area contributed by atoms with Crippen molar-refractivity contribution in [3.63, 3.8) is 0 Å². The van der Waals surface area contributed by atoms with Gasteiger partial charge in [-0.3, -0.25) is 0 Å². The SMILES string of the molecule is CCCc1cccc([C@@H](C)N)c1. The Bertz CT molecular complexity index is 241. The molecule has 0 radical (unpaired) electrons. The Morgan fingerprint density at radius 2 is 2.17 bits per heavy atom. The van der Waals surface area contributed by atoms with Gasteiger partial charge in [-0.15, -0.1) is 0 Å².